The lowest BCUT2D eigenvalue weighted by atomic mass is 10.2. The second-order valence-electron chi connectivity index (χ2n) is 4.29. The van der Waals surface area contributed by atoms with Crippen LogP contribution in [0.25, 0.3) is 0 Å². The van der Waals surface area contributed by atoms with Gasteiger partial charge in [0.15, 0.2) is 0 Å². The van der Waals surface area contributed by atoms with Crippen LogP contribution in [0.1, 0.15) is 18.1 Å². The van der Waals surface area contributed by atoms with Crippen molar-refractivity contribution in [3.8, 4) is 0 Å². The van der Waals surface area contributed by atoms with Gasteiger partial charge in [0.25, 0.3) is 0 Å². The number of aromatic nitrogens is 1. The molecule has 0 bridgehead atoms. The van der Waals surface area contributed by atoms with E-state index in [1.807, 2.05) is 30.3 Å². The molecule has 0 saturated carbocycles. The molecule has 0 radical (unpaired) electrons. The first kappa shape index (κ1) is 14.2. The van der Waals surface area contributed by atoms with Crippen molar-refractivity contribution in [2.24, 2.45) is 0 Å². The van der Waals surface area contributed by atoms with Gasteiger partial charge in [0, 0.05) is 31.4 Å². The number of nitrogens with zero attached hydrogens (tertiary/aromatic N) is 2. The molecule has 0 N–H and O–H groups in total. The van der Waals surface area contributed by atoms with Crippen LogP contribution in [0, 0.1) is 0 Å². The van der Waals surface area contributed by atoms with Crippen LogP contribution in [-0.2, 0) is 12.4 Å². The second kappa shape index (κ2) is 6.78. The molecule has 0 aliphatic carbocycles. The van der Waals surface area contributed by atoms with Crippen LogP contribution in [0.15, 0.2) is 42.7 Å². The van der Waals surface area contributed by atoms with Crippen molar-refractivity contribution in [2.45, 2.75) is 19.3 Å². The minimum atomic E-state index is 0.483. The van der Waals surface area contributed by atoms with Gasteiger partial charge >= 0.3 is 0 Å². The second-order valence-corrected chi connectivity index (χ2v) is 4.96. The molecule has 1 aromatic carbocycles. The topological polar surface area (TPSA) is 16.1 Å². The Bertz CT molecular complexity index is 529. The van der Waals surface area contributed by atoms with Crippen LogP contribution in [0.4, 0.5) is 5.69 Å². The molecule has 1 heterocycles. The fourth-order valence-electron chi connectivity index (χ4n) is 1.97. The smallest absolute Gasteiger partial charge is 0.0642 e. The van der Waals surface area contributed by atoms with E-state index in [0.29, 0.717) is 5.88 Å². The van der Waals surface area contributed by atoms with Gasteiger partial charge in [-0.1, -0.05) is 17.7 Å². The third kappa shape index (κ3) is 3.62. The lowest BCUT2D eigenvalue weighted by Gasteiger charge is -2.24. The molecular weight excluding hydrogens is 279 g/mol. The molecule has 0 fully saturated rings. The zero-order chi connectivity index (χ0) is 13.7. The van der Waals surface area contributed by atoms with Gasteiger partial charge in [0.2, 0.25) is 0 Å². The van der Waals surface area contributed by atoms with E-state index in [4.69, 9.17) is 23.2 Å². The number of benzene rings is 1. The number of rotatable bonds is 5. The Labute approximate surface area is 124 Å². The summed E-state index contributed by atoms with van der Waals surface area (Å²) in [5.41, 5.74) is 3.29. The van der Waals surface area contributed by atoms with Crippen molar-refractivity contribution < 1.29 is 0 Å². The Hall–Kier alpha value is -1.25. The van der Waals surface area contributed by atoms with Gasteiger partial charge in [0.1, 0.15) is 0 Å². The molecule has 19 heavy (non-hydrogen) atoms. The molecule has 0 spiro atoms. The summed E-state index contributed by atoms with van der Waals surface area (Å²) in [7, 11) is 0. The van der Waals surface area contributed by atoms with E-state index in [1.165, 1.54) is 5.56 Å². The maximum Gasteiger partial charge on any atom is 0.0642 e. The highest BCUT2D eigenvalue weighted by Crippen LogP contribution is 2.28. The van der Waals surface area contributed by atoms with Gasteiger partial charge in [-0.25, -0.2) is 0 Å². The summed E-state index contributed by atoms with van der Waals surface area (Å²) in [5, 5.41) is 0.744. The lowest BCUT2D eigenvalue weighted by molar-refractivity contribution is 0.830. The van der Waals surface area contributed by atoms with Crippen LogP contribution < -0.4 is 4.90 Å². The number of anilines is 1. The van der Waals surface area contributed by atoms with Crippen LogP contribution in [0.5, 0.6) is 0 Å². The summed E-state index contributed by atoms with van der Waals surface area (Å²) in [5.74, 6) is 0.483. The maximum atomic E-state index is 6.34. The summed E-state index contributed by atoms with van der Waals surface area (Å²) in [6.45, 7) is 3.83. The number of hydrogen-bond acceptors (Lipinski definition) is 2. The molecule has 100 valence electrons. The van der Waals surface area contributed by atoms with E-state index in [9.17, 15) is 0 Å². The Kier molecular flexibility index (Phi) is 5.06. The van der Waals surface area contributed by atoms with Crippen LogP contribution >= 0.6 is 23.2 Å². The molecule has 0 amide bonds. The van der Waals surface area contributed by atoms with Gasteiger partial charge in [0.05, 0.1) is 10.7 Å². The zero-order valence-electron chi connectivity index (χ0n) is 10.8. The molecule has 2 aromatic rings. The monoisotopic (exact) mass is 294 g/mol. The van der Waals surface area contributed by atoms with E-state index < -0.39 is 0 Å². The number of pyridine rings is 1. The predicted octanol–water partition coefficient (Wildman–Crippen LogP) is 4.50. The standard InChI is InChI=1S/C15H16Cl2N2/c1-2-19(11-12-5-7-18-8-6-12)15-4-3-13(10-16)9-14(15)17/h3-9H,2,10-11H2,1H3. The van der Waals surface area contributed by atoms with Crippen molar-refractivity contribution in [3.63, 3.8) is 0 Å². The van der Waals surface area contributed by atoms with E-state index in [0.717, 1.165) is 29.4 Å². The normalized spacial score (nSPS) is 10.5. The summed E-state index contributed by atoms with van der Waals surface area (Å²) >= 11 is 12.2. The average molecular weight is 295 g/mol. The lowest BCUT2D eigenvalue weighted by Crippen LogP contribution is -2.22. The van der Waals surface area contributed by atoms with Crippen LogP contribution in [0.2, 0.25) is 5.02 Å². The van der Waals surface area contributed by atoms with Gasteiger partial charge < -0.3 is 4.90 Å². The van der Waals surface area contributed by atoms with E-state index in [-0.39, 0.29) is 0 Å². The highest BCUT2D eigenvalue weighted by molar-refractivity contribution is 6.33. The predicted molar refractivity (Wildman–Crippen MR) is 82.0 cm³/mol. The van der Waals surface area contributed by atoms with Crippen molar-refractivity contribution in [3.05, 3.63) is 58.9 Å². The molecule has 0 unspecified atom stereocenters. The highest BCUT2D eigenvalue weighted by Gasteiger charge is 2.10. The minimum Gasteiger partial charge on any atom is -0.366 e. The summed E-state index contributed by atoms with van der Waals surface area (Å²) in [4.78, 5) is 6.26. The van der Waals surface area contributed by atoms with Gasteiger partial charge in [-0.15, -0.1) is 11.6 Å². The molecule has 0 atom stereocenters. The molecule has 2 nitrogen and oxygen atoms in total. The Morgan fingerprint density at radius 3 is 2.42 bits per heavy atom. The molecule has 1 aromatic heterocycles. The number of hydrogen-bond donors (Lipinski definition) is 0. The third-order valence-electron chi connectivity index (χ3n) is 3.01. The van der Waals surface area contributed by atoms with Crippen LogP contribution in [-0.4, -0.2) is 11.5 Å². The largest absolute Gasteiger partial charge is 0.366 e. The SMILES string of the molecule is CCN(Cc1ccncc1)c1ccc(CCl)cc1Cl. The Morgan fingerprint density at radius 1 is 1.11 bits per heavy atom. The van der Waals surface area contributed by atoms with Crippen molar-refractivity contribution in [1.29, 1.82) is 0 Å². The molecule has 2 rings (SSSR count). The average Bonchev–Trinajstić information content (AvgIpc) is 2.46. The first-order chi connectivity index (χ1) is 9.24. The molecule has 4 heteroatoms. The summed E-state index contributed by atoms with van der Waals surface area (Å²) < 4.78 is 0. The number of halogens is 2. The molecular formula is C15H16Cl2N2. The van der Waals surface area contributed by atoms with E-state index >= 15 is 0 Å². The minimum absolute atomic E-state index is 0.483. The summed E-state index contributed by atoms with van der Waals surface area (Å²) in [6.07, 6.45) is 3.61. The van der Waals surface area contributed by atoms with E-state index in [1.54, 1.807) is 12.4 Å². The maximum absolute atomic E-state index is 6.34. The van der Waals surface area contributed by atoms with Gasteiger partial charge in [-0.05, 0) is 42.3 Å². The van der Waals surface area contributed by atoms with Crippen molar-refractivity contribution in [1.82, 2.24) is 4.98 Å². The molecule has 0 saturated heterocycles. The fourth-order valence-corrected chi connectivity index (χ4v) is 2.45. The fraction of sp³-hybridized carbons (Fsp3) is 0.267. The molecule has 0 aliphatic heterocycles. The number of alkyl halides is 1. The van der Waals surface area contributed by atoms with Gasteiger partial charge in [-0.2, -0.15) is 0 Å². The van der Waals surface area contributed by atoms with Gasteiger partial charge in [-0.3, -0.25) is 4.98 Å². The Balaban J connectivity index is 2.22. The third-order valence-corrected chi connectivity index (χ3v) is 3.62. The highest BCUT2D eigenvalue weighted by atomic mass is 35.5. The van der Waals surface area contributed by atoms with Crippen molar-refractivity contribution in [2.75, 3.05) is 11.4 Å². The first-order valence-electron chi connectivity index (χ1n) is 6.22. The molecule has 0 aliphatic rings. The first-order valence-corrected chi connectivity index (χ1v) is 7.14. The summed E-state index contributed by atoms with van der Waals surface area (Å²) in [6, 6.07) is 10.0. The van der Waals surface area contributed by atoms with Crippen LogP contribution in [0.3, 0.4) is 0 Å². The zero-order valence-corrected chi connectivity index (χ0v) is 12.3. The van der Waals surface area contributed by atoms with E-state index in [2.05, 4.69) is 16.8 Å². The quantitative estimate of drug-likeness (QED) is 0.755. The Morgan fingerprint density at radius 2 is 1.84 bits per heavy atom. The van der Waals surface area contributed by atoms with Crippen molar-refractivity contribution >= 4 is 28.9 Å².